The van der Waals surface area contributed by atoms with E-state index in [0.29, 0.717) is 0 Å². The van der Waals surface area contributed by atoms with Gasteiger partial charge in [-0.05, 0) is 59.1 Å². The zero-order chi connectivity index (χ0) is 23.0. The fourth-order valence-corrected chi connectivity index (χ4v) is 5.17. The van der Waals surface area contributed by atoms with E-state index in [2.05, 4.69) is 84.6 Å². The molecule has 170 valence electrons. The minimum absolute atomic E-state index is 0.112. The van der Waals surface area contributed by atoms with Crippen molar-refractivity contribution in [2.75, 3.05) is 31.1 Å². The summed E-state index contributed by atoms with van der Waals surface area (Å²) < 4.78 is 0. The molecule has 4 heteroatoms. The Morgan fingerprint density at radius 3 is 1.94 bits per heavy atom. The molecule has 1 aliphatic rings. The molecule has 0 unspecified atom stereocenters. The van der Waals surface area contributed by atoms with Crippen LogP contribution in [0.25, 0.3) is 0 Å². The van der Waals surface area contributed by atoms with Crippen LogP contribution in [0.15, 0.2) is 24.3 Å². The summed E-state index contributed by atoms with van der Waals surface area (Å²) in [6.45, 7) is 21.4. The maximum Gasteiger partial charge on any atom is 0.264 e. The van der Waals surface area contributed by atoms with Crippen LogP contribution < -0.4 is 4.90 Å². The lowest BCUT2D eigenvalue weighted by molar-refractivity contribution is 0.0751. The highest BCUT2D eigenvalue weighted by Gasteiger charge is 2.26. The number of thiophene rings is 1. The highest BCUT2D eigenvalue weighted by molar-refractivity contribution is 7.14. The molecule has 1 fully saturated rings. The Balaban J connectivity index is 1.76. The van der Waals surface area contributed by atoms with Crippen LogP contribution in [0.5, 0.6) is 0 Å². The average Bonchev–Trinajstić information content (AvgIpc) is 3.06. The van der Waals surface area contributed by atoms with Gasteiger partial charge < -0.3 is 9.80 Å². The van der Waals surface area contributed by atoms with Gasteiger partial charge in [0.25, 0.3) is 5.91 Å². The van der Waals surface area contributed by atoms with Gasteiger partial charge in [0.1, 0.15) is 0 Å². The number of anilines is 1. The van der Waals surface area contributed by atoms with Gasteiger partial charge >= 0.3 is 0 Å². The summed E-state index contributed by atoms with van der Waals surface area (Å²) in [4.78, 5) is 19.8. The minimum Gasteiger partial charge on any atom is -0.368 e. The number of benzene rings is 1. The molecule has 0 bridgehead atoms. The van der Waals surface area contributed by atoms with E-state index in [4.69, 9.17) is 0 Å². The maximum absolute atomic E-state index is 13.1. The van der Waals surface area contributed by atoms with Gasteiger partial charge in [-0.25, -0.2) is 0 Å². The molecule has 31 heavy (non-hydrogen) atoms. The predicted molar refractivity (Wildman–Crippen MR) is 135 cm³/mol. The summed E-state index contributed by atoms with van der Waals surface area (Å²) in [7, 11) is 0. The van der Waals surface area contributed by atoms with Crippen molar-refractivity contribution in [2.24, 2.45) is 0 Å². The van der Waals surface area contributed by atoms with E-state index in [1.54, 1.807) is 11.3 Å². The van der Waals surface area contributed by atoms with E-state index >= 15 is 0 Å². The molecule has 1 aromatic carbocycles. The molecule has 0 radical (unpaired) electrons. The Bertz CT molecular complexity index is 889. The Labute approximate surface area is 193 Å². The molecule has 1 aliphatic heterocycles. The number of nitrogens with zero attached hydrogens (tertiary/aromatic N) is 2. The second-order valence-electron chi connectivity index (χ2n) is 11.0. The first-order valence-corrected chi connectivity index (χ1v) is 12.5. The largest absolute Gasteiger partial charge is 0.368 e. The maximum atomic E-state index is 13.1. The van der Waals surface area contributed by atoms with E-state index < -0.39 is 0 Å². The molecule has 0 N–H and O–H groups in total. The second kappa shape index (κ2) is 8.97. The zero-order valence-corrected chi connectivity index (χ0v) is 21.6. The molecule has 0 spiro atoms. The first-order chi connectivity index (χ1) is 14.4. The average molecular weight is 441 g/mol. The lowest BCUT2D eigenvalue weighted by Gasteiger charge is -2.37. The minimum atomic E-state index is 0.112. The Morgan fingerprint density at radius 1 is 0.903 bits per heavy atom. The van der Waals surface area contributed by atoms with E-state index in [-0.39, 0.29) is 16.7 Å². The third-order valence-electron chi connectivity index (χ3n) is 6.33. The van der Waals surface area contributed by atoms with Gasteiger partial charge in [0, 0.05) is 36.7 Å². The summed E-state index contributed by atoms with van der Waals surface area (Å²) in [5.74, 6) is 0.203. The second-order valence-corrected chi connectivity index (χ2v) is 12.2. The van der Waals surface area contributed by atoms with Crippen molar-refractivity contribution >= 4 is 22.9 Å². The molecule has 0 aliphatic carbocycles. The summed E-state index contributed by atoms with van der Waals surface area (Å²) >= 11 is 1.66. The number of aryl methyl sites for hydroxylation is 2. The first kappa shape index (κ1) is 23.8. The van der Waals surface area contributed by atoms with E-state index in [1.807, 2.05) is 4.90 Å². The van der Waals surface area contributed by atoms with Gasteiger partial charge in [-0.2, -0.15) is 0 Å². The van der Waals surface area contributed by atoms with E-state index in [0.717, 1.165) is 43.9 Å². The number of carbonyl (C=O) groups excluding carboxylic acids is 1. The topological polar surface area (TPSA) is 23.6 Å². The van der Waals surface area contributed by atoms with E-state index in [1.165, 1.54) is 27.3 Å². The summed E-state index contributed by atoms with van der Waals surface area (Å²) in [5, 5.41) is 0. The molecule has 3 nitrogen and oxygen atoms in total. The highest BCUT2D eigenvalue weighted by atomic mass is 32.1. The van der Waals surface area contributed by atoms with Crippen molar-refractivity contribution in [3.8, 4) is 0 Å². The smallest absolute Gasteiger partial charge is 0.264 e. The van der Waals surface area contributed by atoms with Crippen LogP contribution in [0.3, 0.4) is 0 Å². The van der Waals surface area contributed by atoms with Crippen LogP contribution in [-0.4, -0.2) is 37.0 Å². The lowest BCUT2D eigenvalue weighted by atomic mass is 9.80. The molecule has 0 saturated carbocycles. The fraction of sp³-hybridized carbons (Fsp3) is 0.593. The summed E-state index contributed by atoms with van der Waals surface area (Å²) in [5.41, 5.74) is 5.61. The molecular weight excluding hydrogens is 400 g/mol. The fourth-order valence-electron chi connectivity index (χ4n) is 4.13. The normalized spacial score (nSPS) is 15.5. The summed E-state index contributed by atoms with van der Waals surface area (Å²) in [6, 6.07) is 9.20. The molecule has 1 amide bonds. The van der Waals surface area contributed by atoms with E-state index in [9.17, 15) is 4.79 Å². The number of hydrogen-bond donors (Lipinski definition) is 0. The number of rotatable bonds is 4. The number of amides is 1. The number of hydrogen-bond acceptors (Lipinski definition) is 3. The Morgan fingerprint density at radius 2 is 1.45 bits per heavy atom. The third-order valence-corrected chi connectivity index (χ3v) is 7.41. The van der Waals surface area contributed by atoms with Crippen LogP contribution in [0, 0.1) is 6.92 Å². The molecule has 2 aromatic rings. The third kappa shape index (κ3) is 5.52. The molecule has 1 aromatic heterocycles. The lowest BCUT2D eigenvalue weighted by Crippen LogP contribution is -2.48. The predicted octanol–water partition coefficient (Wildman–Crippen LogP) is 6.57. The van der Waals surface area contributed by atoms with Gasteiger partial charge in [0.2, 0.25) is 0 Å². The van der Waals surface area contributed by atoms with Crippen LogP contribution in [-0.2, 0) is 17.3 Å². The van der Waals surface area contributed by atoms with Crippen molar-refractivity contribution in [1.82, 2.24) is 4.90 Å². The van der Waals surface area contributed by atoms with Gasteiger partial charge in [0.15, 0.2) is 0 Å². The van der Waals surface area contributed by atoms with Crippen molar-refractivity contribution < 1.29 is 4.79 Å². The van der Waals surface area contributed by atoms with Crippen molar-refractivity contribution in [1.29, 1.82) is 0 Å². The van der Waals surface area contributed by atoms with Gasteiger partial charge in [-0.3, -0.25) is 4.79 Å². The Kier molecular flexibility index (Phi) is 6.90. The molecule has 0 atom stereocenters. The zero-order valence-electron chi connectivity index (χ0n) is 20.8. The standard InChI is InChI=1S/C27H40N2OS/c1-9-10-20-15-24(31-19(20)2)25(30)29-13-11-28(12-14-29)23-17-21(26(3,4)5)16-22(18-23)27(6,7)8/h15-18H,9-14H2,1-8H3. The molecule has 3 rings (SSSR count). The monoisotopic (exact) mass is 440 g/mol. The summed E-state index contributed by atoms with van der Waals surface area (Å²) in [6.07, 6.45) is 2.18. The number of carbonyl (C=O) groups is 1. The van der Waals surface area contributed by atoms with Crippen LogP contribution in [0.1, 0.15) is 86.1 Å². The van der Waals surface area contributed by atoms with Crippen LogP contribution in [0.2, 0.25) is 0 Å². The van der Waals surface area contributed by atoms with Gasteiger partial charge in [0.05, 0.1) is 4.88 Å². The highest BCUT2D eigenvalue weighted by Crippen LogP contribution is 2.34. The Hall–Kier alpha value is -1.81. The quantitative estimate of drug-likeness (QED) is 0.537. The molecule has 2 heterocycles. The van der Waals surface area contributed by atoms with Crippen LogP contribution in [0.4, 0.5) is 5.69 Å². The van der Waals surface area contributed by atoms with Crippen molar-refractivity contribution in [3.63, 3.8) is 0 Å². The first-order valence-electron chi connectivity index (χ1n) is 11.7. The van der Waals surface area contributed by atoms with Crippen LogP contribution >= 0.6 is 11.3 Å². The van der Waals surface area contributed by atoms with Crippen molar-refractivity contribution in [2.45, 2.75) is 79.1 Å². The van der Waals surface area contributed by atoms with Gasteiger partial charge in [-0.15, -0.1) is 11.3 Å². The molecular formula is C27H40N2OS. The number of piperazine rings is 1. The molecule has 1 saturated heterocycles. The van der Waals surface area contributed by atoms with Crippen molar-refractivity contribution in [3.05, 3.63) is 50.7 Å². The van der Waals surface area contributed by atoms with Gasteiger partial charge in [-0.1, -0.05) is 61.0 Å². The SMILES string of the molecule is CCCc1cc(C(=O)N2CCN(c3cc(C(C)(C)C)cc(C(C)(C)C)c3)CC2)sc1C.